The number of anilines is 2. The van der Waals surface area contributed by atoms with Crippen LogP contribution in [-0.2, 0) is 0 Å². The molecule has 0 aromatic heterocycles. The zero-order chi connectivity index (χ0) is 20.1. The Kier molecular flexibility index (Phi) is 6.97. The van der Waals surface area contributed by atoms with E-state index in [1.807, 2.05) is 18.2 Å². The Morgan fingerprint density at radius 1 is 0.889 bits per heavy atom. The van der Waals surface area contributed by atoms with Gasteiger partial charge >= 0.3 is 6.03 Å². The summed E-state index contributed by atoms with van der Waals surface area (Å²) >= 11 is 6.18. The quantitative estimate of drug-likeness (QED) is 0.612. The summed E-state index contributed by atoms with van der Waals surface area (Å²) in [7, 11) is 3.02. The van der Waals surface area contributed by atoms with Gasteiger partial charge in [-0.2, -0.15) is 0 Å². The van der Waals surface area contributed by atoms with E-state index in [-0.39, 0.29) is 17.9 Å². The van der Waals surface area contributed by atoms with Gasteiger partial charge in [0.05, 0.1) is 19.2 Å². The highest BCUT2D eigenvalue weighted by atomic mass is 35.5. The molecule has 2 amide bonds. The second-order valence-electron chi connectivity index (χ2n) is 6.86. The Morgan fingerprint density at radius 3 is 1.93 bits per heavy atom. The lowest BCUT2D eigenvalue weighted by Crippen LogP contribution is -2.22. The van der Waals surface area contributed by atoms with Crippen LogP contribution in [0.4, 0.5) is 16.2 Å². The van der Waals surface area contributed by atoms with E-state index in [1.165, 1.54) is 14.2 Å². The van der Waals surface area contributed by atoms with Crippen molar-refractivity contribution >= 4 is 29.0 Å². The van der Waals surface area contributed by atoms with Crippen molar-refractivity contribution in [2.75, 3.05) is 24.9 Å². The smallest absolute Gasteiger partial charge is 0.323 e. The van der Waals surface area contributed by atoms with E-state index in [2.05, 4.69) is 38.3 Å². The first-order valence-electron chi connectivity index (χ1n) is 8.91. The Labute approximate surface area is 166 Å². The van der Waals surface area contributed by atoms with Crippen LogP contribution in [0.5, 0.6) is 11.5 Å². The molecule has 0 aliphatic carbocycles. The summed E-state index contributed by atoms with van der Waals surface area (Å²) in [6.07, 6.45) is 0. The van der Waals surface area contributed by atoms with Crippen molar-refractivity contribution in [3.63, 3.8) is 0 Å². The van der Waals surface area contributed by atoms with Crippen molar-refractivity contribution in [3.8, 4) is 11.5 Å². The molecule has 2 aromatic rings. The maximum atomic E-state index is 12.8. The lowest BCUT2D eigenvalue weighted by Gasteiger charge is -2.21. The number of ether oxygens (including phenoxy) is 2. The monoisotopic (exact) mass is 390 g/mol. The fourth-order valence-electron chi connectivity index (χ4n) is 2.98. The number of benzene rings is 2. The van der Waals surface area contributed by atoms with E-state index in [9.17, 15) is 4.79 Å². The van der Waals surface area contributed by atoms with Gasteiger partial charge in [0.25, 0.3) is 0 Å². The van der Waals surface area contributed by atoms with Gasteiger partial charge in [-0.25, -0.2) is 4.79 Å². The molecule has 0 aliphatic rings. The second-order valence-corrected chi connectivity index (χ2v) is 7.27. The zero-order valence-electron chi connectivity index (χ0n) is 16.6. The summed E-state index contributed by atoms with van der Waals surface area (Å²) in [6.45, 7) is 8.41. The number of carbonyl (C=O) groups excluding carboxylic acids is 1. The van der Waals surface area contributed by atoms with E-state index in [4.69, 9.17) is 21.1 Å². The molecule has 146 valence electrons. The second kappa shape index (κ2) is 9.00. The largest absolute Gasteiger partial charge is 0.494 e. The van der Waals surface area contributed by atoms with Crippen molar-refractivity contribution in [3.05, 3.63) is 46.5 Å². The molecule has 0 unspecified atom stereocenters. The molecule has 0 saturated heterocycles. The number of carbonyl (C=O) groups is 1. The topological polar surface area (TPSA) is 59.6 Å². The SMILES string of the molecule is COc1ccc(Cl)c(OC)c1NC(=O)Nc1c(C(C)C)cccc1C(C)C. The molecular weight excluding hydrogens is 364 g/mol. The standard InChI is InChI=1S/C21H27ClN2O3/c1-12(2)14-8-7-9-15(13(3)4)18(14)23-21(25)24-19-17(26-5)11-10-16(22)20(19)27-6/h7-13H,1-6H3,(H2,23,24,25). The molecule has 0 spiro atoms. The van der Waals surface area contributed by atoms with Gasteiger partial charge in [-0.05, 0) is 35.1 Å². The van der Waals surface area contributed by atoms with Crippen LogP contribution in [0.25, 0.3) is 0 Å². The van der Waals surface area contributed by atoms with Crippen LogP contribution in [0.3, 0.4) is 0 Å². The van der Waals surface area contributed by atoms with Gasteiger partial charge in [0, 0.05) is 5.69 Å². The number of amides is 2. The van der Waals surface area contributed by atoms with Crippen LogP contribution in [0.15, 0.2) is 30.3 Å². The molecule has 2 N–H and O–H groups in total. The molecule has 2 rings (SSSR count). The minimum atomic E-state index is -0.385. The minimum Gasteiger partial charge on any atom is -0.494 e. The molecule has 5 nitrogen and oxygen atoms in total. The zero-order valence-corrected chi connectivity index (χ0v) is 17.4. The average Bonchev–Trinajstić information content (AvgIpc) is 2.61. The molecule has 27 heavy (non-hydrogen) atoms. The Hall–Kier alpha value is -2.40. The van der Waals surface area contributed by atoms with E-state index in [1.54, 1.807) is 12.1 Å². The molecule has 0 aliphatic heterocycles. The van der Waals surface area contributed by atoms with Gasteiger partial charge in [0.1, 0.15) is 11.4 Å². The summed E-state index contributed by atoms with van der Waals surface area (Å²) in [5.41, 5.74) is 3.39. The molecule has 0 fully saturated rings. The van der Waals surface area contributed by atoms with Crippen molar-refractivity contribution in [1.29, 1.82) is 0 Å². The third-order valence-corrected chi connectivity index (χ3v) is 4.64. The minimum absolute atomic E-state index is 0.272. The van der Waals surface area contributed by atoms with Crippen LogP contribution >= 0.6 is 11.6 Å². The van der Waals surface area contributed by atoms with Gasteiger partial charge in [0.15, 0.2) is 5.75 Å². The van der Waals surface area contributed by atoms with Crippen molar-refractivity contribution in [2.24, 2.45) is 0 Å². The summed E-state index contributed by atoms with van der Waals surface area (Å²) in [5, 5.41) is 6.21. The van der Waals surface area contributed by atoms with E-state index in [0.717, 1.165) is 16.8 Å². The molecule has 0 radical (unpaired) electrons. The molecule has 0 heterocycles. The highest BCUT2D eigenvalue weighted by Gasteiger charge is 2.19. The molecular formula is C21H27ClN2O3. The summed E-state index contributed by atoms with van der Waals surface area (Å²) in [4.78, 5) is 12.8. The molecule has 0 saturated carbocycles. The van der Waals surface area contributed by atoms with Gasteiger partial charge in [0.2, 0.25) is 0 Å². The number of hydrogen-bond acceptors (Lipinski definition) is 3. The summed E-state index contributed by atoms with van der Waals surface area (Å²) in [5.74, 6) is 1.36. The van der Waals surface area contributed by atoms with Crippen LogP contribution in [0.2, 0.25) is 5.02 Å². The maximum Gasteiger partial charge on any atom is 0.323 e. The normalized spacial score (nSPS) is 10.9. The summed E-state index contributed by atoms with van der Waals surface area (Å²) < 4.78 is 10.7. The number of para-hydroxylation sites is 1. The fraction of sp³-hybridized carbons (Fsp3) is 0.381. The maximum absolute atomic E-state index is 12.8. The fourth-order valence-corrected chi connectivity index (χ4v) is 3.22. The molecule has 0 atom stereocenters. The molecule has 0 bridgehead atoms. The van der Waals surface area contributed by atoms with Gasteiger partial charge in [-0.3, -0.25) is 0 Å². The van der Waals surface area contributed by atoms with Crippen LogP contribution < -0.4 is 20.1 Å². The Morgan fingerprint density at radius 2 is 1.44 bits per heavy atom. The number of urea groups is 1. The van der Waals surface area contributed by atoms with Crippen LogP contribution in [0, 0.1) is 0 Å². The van der Waals surface area contributed by atoms with E-state index in [0.29, 0.717) is 22.2 Å². The lowest BCUT2D eigenvalue weighted by molar-refractivity contribution is 0.262. The van der Waals surface area contributed by atoms with Crippen molar-refractivity contribution in [2.45, 2.75) is 39.5 Å². The predicted molar refractivity (Wildman–Crippen MR) is 112 cm³/mol. The Bertz CT molecular complexity index is 793. The molecule has 6 heteroatoms. The van der Waals surface area contributed by atoms with Crippen LogP contribution in [0.1, 0.15) is 50.7 Å². The first-order valence-corrected chi connectivity index (χ1v) is 9.29. The third-order valence-electron chi connectivity index (χ3n) is 4.35. The molecule has 2 aromatic carbocycles. The van der Waals surface area contributed by atoms with Crippen molar-refractivity contribution < 1.29 is 14.3 Å². The van der Waals surface area contributed by atoms with E-state index < -0.39 is 0 Å². The van der Waals surface area contributed by atoms with E-state index >= 15 is 0 Å². The van der Waals surface area contributed by atoms with Crippen molar-refractivity contribution in [1.82, 2.24) is 0 Å². The van der Waals surface area contributed by atoms with Crippen LogP contribution in [-0.4, -0.2) is 20.3 Å². The predicted octanol–water partition coefficient (Wildman–Crippen LogP) is 6.25. The number of hydrogen-bond donors (Lipinski definition) is 2. The third kappa shape index (κ3) is 4.66. The first kappa shape index (κ1) is 20.9. The number of methoxy groups -OCH3 is 2. The number of nitrogens with one attached hydrogen (secondary N) is 2. The highest BCUT2D eigenvalue weighted by molar-refractivity contribution is 6.32. The first-order chi connectivity index (χ1) is 12.8. The highest BCUT2D eigenvalue weighted by Crippen LogP contribution is 2.40. The average molecular weight is 391 g/mol. The van der Waals surface area contributed by atoms with Gasteiger partial charge in [-0.15, -0.1) is 0 Å². The lowest BCUT2D eigenvalue weighted by atomic mass is 9.93. The summed E-state index contributed by atoms with van der Waals surface area (Å²) in [6, 6.07) is 9.05. The number of rotatable bonds is 6. The van der Waals surface area contributed by atoms with Gasteiger partial charge < -0.3 is 20.1 Å². The number of halogens is 1. The van der Waals surface area contributed by atoms with Gasteiger partial charge in [-0.1, -0.05) is 57.5 Å². The Balaban J connectivity index is 2.39.